The number of hydrogen-bond donors (Lipinski definition) is 1. The molecular formula is C15H20Cl2N2. The van der Waals surface area contributed by atoms with Crippen LogP contribution >= 0.6 is 23.2 Å². The number of nitrogens with zero attached hydrogens (tertiary/aromatic N) is 1. The third-order valence-corrected chi connectivity index (χ3v) is 5.17. The monoisotopic (exact) mass is 298 g/mol. The average molecular weight is 299 g/mol. The highest BCUT2D eigenvalue weighted by Crippen LogP contribution is 2.42. The Kier molecular flexibility index (Phi) is 4.33. The Balaban J connectivity index is 1.86. The molecule has 1 aromatic rings. The summed E-state index contributed by atoms with van der Waals surface area (Å²) < 4.78 is 0. The maximum absolute atomic E-state index is 6.20. The van der Waals surface area contributed by atoms with Gasteiger partial charge in [0, 0.05) is 32.2 Å². The van der Waals surface area contributed by atoms with Gasteiger partial charge in [0.05, 0.1) is 10.0 Å². The van der Waals surface area contributed by atoms with Crippen molar-refractivity contribution in [2.45, 2.75) is 25.3 Å². The lowest BCUT2D eigenvalue weighted by atomic mass is 9.76. The first-order chi connectivity index (χ1) is 9.25. The Morgan fingerprint density at radius 1 is 1.11 bits per heavy atom. The second-order valence-corrected chi connectivity index (χ2v) is 6.41. The molecule has 1 N–H and O–H groups in total. The van der Waals surface area contributed by atoms with Crippen LogP contribution in [0.25, 0.3) is 0 Å². The van der Waals surface area contributed by atoms with Crippen molar-refractivity contribution in [1.82, 2.24) is 10.2 Å². The fraction of sp³-hybridized carbons (Fsp3) is 0.600. The van der Waals surface area contributed by atoms with Gasteiger partial charge in [0.1, 0.15) is 0 Å². The van der Waals surface area contributed by atoms with Crippen molar-refractivity contribution in [3.63, 3.8) is 0 Å². The molecule has 1 saturated heterocycles. The van der Waals surface area contributed by atoms with Gasteiger partial charge in [0.2, 0.25) is 0 Å². The van der Waals surface area contributed by atoms with Gasteiger partial charge in [-0.25, -0.2) is 0 Å². The molecule has 1 heterocycles. The van der Waals surface area contributed by atoms with E-state index in [1.54, 1.807) is 0 Å². The summed E-state index contributed by atoms with van der Waals surface area (Å²) in [6.45, 7) is 4.43. The fourth-order valence-electron chi connectivity index (χ4n) is 3.19. The lowest BCUT2D eigenvalue weighted by Crippen LogP contribution is -2.47. The van der Waals surface area contributed by atoms with E-state index in [1.807, 2.05) is 6.07 Å². The number of benzene rings is 1. The van der Waals surface area contributed by atoms with Crippen molar-refractivity contribution < 1.29 is 0 Å². The molecule has 4 heteroatoms. The Labute approximate surface area is 125 Å². The smallest absolute Gasteiger partial charge is 0.0595 e. The molecule has 2 aliphatic rings. The van der Waals surface area contributed by atoms with Gasteiger partial charge in [-0.15, -0.1) is 0 Å². The molecule has 1 saturated carbocycles. The fourth-order valence-corrected chi connectivity index (χ4v) is 3.50. The van der Waals surface area contributed by atoms with Crippen molar-refractivity contribution in [2.24, 2.45) is 5.92 Å². The van der Waals surface area contributed by atoms with E-state index in [0.717, 1.165) is 32.1 Å². The van der Waals surface area contributed by atoms with E-state index in [-0.39, 0.29) is 0 Å². The lowest BCUT2D eigenvalue weighted by Gasteiger charge is -2.43. The molecule has 1 aromatic carbocycles. The molecule has 0 spiro atoms. The van der Waals surface area contributed by atoms with Gasteiger partial charge < -0.3 is 5.32 Å². The van der Waals surface area contributed by atoms with E-state index in [4.69, 9.17) is 23.2 Å². The van der Waals surface area contributed by atoms with Gasteiger partial charge in [0.25, 0.3) is 0 Å². The number of halogens is 2. The van der Waals surface area contributed by atoms with Gasteiger partial charge in [-0.3, -0.25) is 4.90 Å². The number of nitrogens with one attached hydrogen (secondary N) is 1. The van der Waals surface area contributed by atoms with Gasteiger partial charge in [-0.2, -0.15) is 0 Å². The van der Waals surface area contributed by atoms with Crippen LogP contribution < -0.4 is 5.32 Å². The first kappa shape index (κ1) is 13.7. The van der Waals surface area contributed by atoms with Gasteiger partial charge >= 0.3 is 0 Å². The minimum absolute atomic E-state index is 0.519. The van der Waals surface area contributed by atoms with E-state index in [2.05, 4.69) is 22.3 Å². The zero-order valence-electron chi connectivity index (χ0n) is 11.0. The van der Waals surface area contributed by atoms with Crippen LogP contribution in [-0.4, -0.2) is 31.1 Å². The van der Waals surface area contributed by atoms with Crippen LogP contribution in [0.1, 0.15) is 30.9 Å². The highest BCUT2D eigenvalue weighted by molar-refractivity contribution is 6.42. The zero-order chi connectivity index (χ0) is 13.2. The van der Waals surface area contributed by atoms with Gasteiger partial charge in [0.15, 0.2) is 0 Å². The normalized spacial score (nSPS) is 23.1. The van der Waals surface area contributed by atoms with Gasteiger partial charge in [-0.1, -0.05) is 35.7 Å². The highest BCUT2D eigenvalue weighted by Gasteiger charge is 2.33. The third-order valence-electron chi connectivity index (χ3n) is 4.43. The van der Waals surface area contributed by atoms with E-state index in [1.165, 1.54) is 24.8 Å². The summed E-state index contributed by atoms with van der Waals surface area (Å²) in [4.78, 5) is 2.61. The topological polar surface area (TPSA) is 15.3 Å². The predicted molar refractivity (Wildman–Crippen MR) is 81.0 cm³/mol. The van der Waals surface area contributed by atoms with Crippen LogP contribution in [0.5, 0.6) is 0 Å². The van der Waals surface area contributed by atoms with Crippen molar-refractivity contribution in [1.29, 1.82) is 0 Å². The van der Waals surface area contributed by atoms with E-state index in [9.17, 15) is 0 Å². The summed E-state index contributed by atoms with van der Waals surface area (Å²) in [5.74, 6) is 0.787. The molecule has 0 radical (unpaired) electrons. The van der Waals surface area contributed by atoms with Crippen molar-refractivity contribution in [3.8, 4) is 0 Å². The molecule has 2 fully saturated rings. The second kappa shape index (κ2) is 6.01. The minimum atomic E-state index is 0.519. The molecule has 1 aliphatic heterocycles. The summed E-state index contributed by atoms with van der Waals surface area (Å²) >= 11 is 12.2. The summed E-state index contributed by atoms with van der Waals surface area (Å²) in [5.41, 5.74) is 1.33. The lowest BCUT2D eigenvalue weighted by molar-refractivity contribution is 0.0837. The molecule has 0 bridgehead atoms. The summed E-state index contributed by atoms with van der Waals surface area (Å²) in [5, 5.41) is 4.76. The third kappa shape index (κ3) is 2.92. The number of piperazine rings is 1. The van der Waals surface area contributed by atoms with Crippen LogP contribution in [0.3, 0.4) is 0 Å². The Bertz CT molecular complexity index is 440. The molecule has 1 atom stereocenters. The molecule has 0 amide bonds. The van der Waals surface area contributed by atoms with Crippen LogP contribution in [-0.2, 0) is 0 Å². The molecule has 0 aromatic heterocycles. The van der Waals surface area contributed by atoms with Crippen LogP contribution in [0, 0.1) is 5.92 Å². The SMILES string of the molecule is Clc1ccc([C@H](C2CCC2)N2CCNCC2)cc1Cl. The Morgan fingerprint density at radius 3 is 2.42 bits per heavy atom. The number of hydrogen-bond acceptors (Lipinski definition) is 2. The van der Waals surface area contributed by atoms with Crippen LogP contribution in [0.2, 0.25) is 10.0 Å². The van der Waals surface area contributed by atoms with Crippen molar-refractivity contribution >= 4 is 23.2 Å². The van der Waals surface area contributed by atoms with E-state index >= 15 is 0 Å². The van der Waals surface area contributed by atoms with E-state index in [0.29, 0.717) is 16.1 Å². The second-order valence-electron chi connectivity index (χ2n) is 5.60. The summed E-state index contributed by atoms with van der Waals surface area (Å²) in [6.07, 6.45) is 4.05. The maximum Gasteiger partial charge on any atom is 0.0595 e. The molecule has 1 aliphatic carbocycles. The van der Waals surface area contributed by atoms with Crippen LogP contribution in [0.4, 0.5) is 0 Å². The zero-order valence-corrected chi connectivity index (χ0v) is 12.6. The predicted octanol–water partition coefficient (Wildman–Crippen LogP) is 3.74. The van der Waals surface area contributed by atoms with Crippen molar-refractivity contribution in [2.75, 3.05) is 26.2 Å². The van der Waals surface area contributed by atoms with Crippen LogP contribution in [0.15, 0.2) is 18.2 Å². The molecule has 3 rings (SSSR count). The summed E-state index contributed by atoms with van der Waals surface area (Å²) in [7, 11) is 0. The largest absolute Gasteiger partial charge is 0.314 e. The molecule has 2 nitrogen and oxygen atoms in total. The number of rotatable bonds is 3. The van der Waals surface area contributed by atoms with Crippen molar-refractivity contribution in [3.05, 3.63) is 33.8 Å². The van der Waals surface area contributed by atoms with E-state index < -0.39 is 0 Å². The quantitative estimate of drug-likeness (QED) is 0.914. The molecule has 104 valence electrons. The first-order valence-corrected chi connectivity index (χ1v) is 7.91. The molecular weight excluding hydrogens is 279 g/mol. The maximum atomic E-state index is 6.20. The highest BCUT2D eigenvalue weighted by atomic mass is 35.5. The van der Waals surface area contributed by atoms with Gasteiger partial charge in [-0.05, 0) is 36.5 Å². The summed E-state index contributed by atoms with van der Waals surface area (Å²) in [6, 6.07) is 6.67. The minimum Gasteiger partial charge on any atom is -0.314 e. The Morgan fingerprint density at radius 2 is 1.84 bits per heavy atom. The average Bonchev–Trinajstić information content (AvgIpc) is 2.38. The molecule has 19 heavy (non-hydrogen) atoms. The standard InChI is InChI=1S/C15H20Cl2N2/c16-13-5-4-12(10-14(13)17)15(11-2-1-3-11)19-8-6-18-7-9-19/h4-5,10-11,15,18H,1-3,6-9H2/t15-/m0/s1. The first-order valence-electron chi connectivity index (χ1n) is 7.15. The Hall–Kier alpha value is -0.280. The molecule has 0 unspecified atom stereocenters.